The van der Waals surface area contributed by atoms with Crippen molar-refractivity contribution in [2.75, 3.05) is 52.5 Å². The van der Waals surface area contributed by atoms with E-state index in [4.69, 9.17) is 9.47 Å². The number of carbonyl (C=O) groups is 2. The summed E-state index contributed by atoms with van der Waals surface area (Å²) < 4.78 is 11.7. The highest BCUT2D eigenvalue weighted by Crippen LogP contribution is 2.51. The Morgan fingerprint density at radius 2 is 2.06 bits per heavy atom. The number of fused-ring (bicyclic) bond motifs is 2. The van der Waals surface area contributed by atoms with Crippen LogP contribution in [0.2, 0.25) is 0 Å². The van der Waals surface area contributed by atoms with E-state index in [1.807, 2.05) is 35.4 Å². The van der Waals surface area contributed by atoms with Crippen LogP contribution in [0, 0.1) is 11.8 Å². The summed E-state index contributed by atoms with van der Waals surface area (Å²) in [6.07, 6.45) is 7.38. The van der Waals surface area contributed by atoms with Crippen LogP contribution in [0.4, 0.5) is 0 Å². The van der Waals surface area contributed by atoms with Gasteiger partial charge in [-0.25, -0.2) is 0 Å². The van der Waals surface area contributed by atoms with E-state index in [1.165, 1.54) is 10.9 Å². The van der Waals surface area contributed by atoms with Gasteiger partial charge in [0.2, 0.25) is 11.8 Å². The van der Waals surface area contributed by atoms with Gasteiger partial charge in [-0.1, -0.05) is 30.4 Å². The molecule has 0 unspecified atom stereocenters. The fourth-order valence-electron chi connectivity index (χ4n) is 6.12. The molecule has 8 nitrogen and oxygen atoms in total. The molecule has 34 heavy (non-hydrogen) atoms. The van der Waals surface area contributed by atoms with Crippen molar-refractivity contribution in [2.45, 2.75) is 24.5 Å². The number of hydrogen-bond acceptors (Lipinski definition) is 5. The van der Waals surface area contributed by atoms with Crippen LogP contribution in [0.1, 0.15) is 12.0 Å². The topological polar surface area (TPSA) is 86.9 Å². The van der Waals surface area contributed by atoms with E-state index < -0.39 is 17.4 Å². The molecule has 2 N–H and O–H groups in total. The van der Waals surface area contributed by atoms with E-state index in [0.717, 1.165) is 51.2 Å². The zero-order valence-corrected chi connectivity index (χ0v) is 19.4. The average molecular weight is 465 g/mol. The molecule has 6 rings (SSSR count). The maximum atomic E-state index is 13.5. The number of H-pyrrole nitrogens is 1. The Morgan fingerprint density at radius 3 is 2.94 bits per heavy atom. The van der Waals surface area contributed by atoms with E-state index in [2.05, 4.69) is 27.3 Å². The van der Waals surface area contributed by atoms with Crippen molar-refractivity contribution in [1.82, 2.24) is 20.1 Å². The Balaban J connectivity index is 1.07. The minimum atomic E-state index is -0.655. The molecule has 2 amide bonds. The lowest BCUT2D eigenvalue weighted by atomic mass is 9.77. The van der Waals surface area contributed by atoms with Gasteiger partial charge in [-0.2, -0.15) is 0 Å². The largest absolute Gasteiger partial charge is 0.379 e. The third-order valence-electron chi connectivity index (χ3n) is 7.86. The van der Waals surface area contributed by atoms with Crippen LogP contribution in [0.15, 0.2) is 42.6 Å². The smallest absolute Gasteiger partial charge is 0.230 e. The van der Waals surface area contributed by atoms with E-state index in [1.54, 1.807) is 0 Å². The summed E-state index contributed by atoms with van der Waals surface area (Å²) in [5, 5.41) is 4.28. The number of benzene rings is 1. The number of carbonyl (C=O) groups excluding carboxylic acids is 2. The first-order chi connectivity index (χ1) is 16.6. The number of ether oxygens (including phenoxy) is 2. The van der Waals surface area contributed by atoms with Gasteiger partial charge in [-0.3, -0.25) is 14.5 Å². The summed E-state index contributed by atoms with van der Waals surface area (Å²) in [6.45, 7) is 6.16. The maximum absolute atomic E-state index is 13.5. The number of para-hydroxylation sites is 1. The van der Waals surface area contributed by atoms with Crippen molar-refractivity contribution in [2.24, 2.45) is 11.8 Å². The Morgan fingerprint density at radius 1 is 1.21 bits per heavy atom. The van der Waals surface area contributed by atoms with Gasteiger partial charge in [0, 0.05) is 43.3 Å². The number of aromatic nitrogens is 1. The Labute approximate surface area is 199 Å². The predicted octanol–water partition coefficient (Wildman–Crippen LogP) is 1.33. The third-order valence-corrected chi connectivity index (χ3v) is 7.86. The molecule has 3 saturated heterocycles. The fraction of sp³-hybridized carbons (Fsp3) is 0.538. The Bertz CT molecular complexity index is 1110. The molecular weight excluding hydrogens is 432 g/mol. The van der Waals surface area contributed by atoms with Gasteiger partial charge in [0.15, 0.2) is 0 Å². The molecule has 0 radical (unpaired) electrons. The number of morpholine rings is 1. The first-order valence-corrected chi connectivity index (χ1v) is 12.4. The molecule has 0 saturated carbocycles. The SMILES string of the molecule is O=C(NCCCN1CCOCC1)[C@H]1[C@H]2C=C[C@]3(CN(CCc4c[nH]c5ccccc45)C(=O)[C@@H]13)O2. The summed E-state index contributed by atoms with van der Waals surface area (Å²) in [5.41, 5.74) is 1.65. The molecule has 1 aromatic carbocycles. The van der Waals surface area contributed by atoms with Gasteiger partial charge in [0.1, 0.15) is 5.60 Å². The standard InChI is InChI=1S/C26H32N4O4/c31-24(27-9-3-10-29-12-14-33-15-13-29)22-21-6-8-26(34-21)17-30(25(32)23(22)26)11-7-18-16-28-20-5-2-1-4-19(18)20/h1-2,4-6,8,16,21-23,28H,3,7,9-15,17H2,(H,27,31)/t21-,22+,23-,26-/m1/s1. The van der Waals surface area contributed by atoms with Gasteiger partial charge in [-0.15, -0.1) is 0 Å². The summed E-state index contributed by atoms with van der Waals surface area (Å²) in [6, 6.07) is 8.21. The van der Waals surface area contributed by atoms with Gasteiger partial charge < -0.3 is 24.7 Å². The van der Waals surface area contributed by atoms with Gasteiger partial charge in [0.05, 0.1) is 37.7 Å². The van der Waals surface area contributed by atoms with E-state index >= 15 is 0 Å². The van der Waals surface area contributed by atoms with Crippen LogP contribution >= 0.6 is 0 Å². The number of rotatable bonds is 8. The van der Waals surface area contributed by atoms with Crippen molar-refractivity contribution < 1.29 is 19.1 Å². The normalized spacial score (nSPS) is 30.4. The van der Waals surface area contributed by atoms with E-state index in [0.29, 0.717) is 19.6 Å². The highest BCUT2D eigenvalue weighted by Gasteiger charge is 2.66. The van der Waals surface area contributed by atoms with Gasteiger partial charge >= 0.3 is 0 Å². The number of nitrogens with one attached hydrogen (secondary N) is 2. The fourth-order valence-corrected chi connectivity index (χ4v) is 6.12. The van der Waals surface area contributed by atoms with Crippen LogP contribution in [0.3, 0.4) is 0 Å². The first-order valence-electron chi connectivity index (χ1n) is 12.4. The summed E-state index contributed by atoms with van der Waals surface area (Å²) in [7, 11) is 0. The van der Waals surface area contributed by atoms with Crippen molar-refractivity contribution in [3.63, 3.8) is 0 Å². The second kappa shape index (κ2) is 8.83. The monoisotopic (exact) mass is 464 g/mol. The predicted molar refractivity (Wildman–Crippen MR) is 127 cm³/mol. The molecule has 8 heteroatoms. The number of likely N-dealkylation sites (tertiary alicyclic amines) is 1. The van der Waals surface area contributed by atoms with Crippen LogP contribution < -0.4 is 5.32 Å². The van der Waals surface area contributed by atoms with Crippen LogP contribution in [-0.4, -0.2) is 90.8 Å². The molecule has 1 spiro atoms. The molecule has 2 aromatic rings. The molecule has 0 aliphatic carbocycles. The Hall–Kier alpha value is -2.68. The summed E-state index contributed by atoms with van der Waals surface area (Å²) in [5.74, 6) is -0.890. The molecule has 3 fully saturated rings. The lowest BCUT2D eigenvalue weighted by Gasteiger charge is -2.27. The Kier molecular flexibility index (Phi) is 5.67. The number of nitrogens with zero attached hydrogens (tertiary/aromatic N) is 2. The highest BCUT2D eigenvalue weighted by molar-refractivity contribution is 5.93. The van der Waals surface area contributed by atoms with Gasteiger partial charge in [0.25, 0.3) is 0 Å². The minimum absolute atomic E-state index is 0.0418. The van der Waals surface area contributed by atoms with Crippen LogP contribution in [-0.2, 0) is 25.5 Å². The quantitative estimate of drug-likeness (QED) is 0.455. The van der Waals surface area contributed by atoms with Crippen LogP contribution in [0.25, 0.3) is 10.9 Å². The van der Waals surface area contributed by atoms with Crippen molar-refractivity contribution in [1.29, 1.82) is 0 Å². The molecular formula is C26H32N4O4. The zero-order valence-electron chi connectivity index (χ0n) is 19.4. The highest BCUT2D eigenvalue weighted by atomic mass is 16.5. The van der Waals surface area contributed by atoms with Crippen molar-refractivity contribution in [3.8, 4) is 0 Å². The number of hydrogen-bond donors (Lipinski definition) is 2. The first kappa shape index (κ1) is 21.8. The number of amides is 2. The molecule has 1 aromatic heterocycles. The second-order valence-corrected chi connectivity index (χ2v) is 9.87. The van der Waals surface area contributed by atoms with E-state index in [9.17, 15) is 9.59 Å². The lowest BCUT2D eigenvalue weighted by Crippen LogP contribution is -2.45. The molecule has 5 heterocycles. The zero-order chi connectivity index (χ0) is 23.1. The second-order valence-electron chi connectivity index (χ2n) is 9.87. The average Bonchev–Trinajstić information content (AvgIpc) is 3.61. The third kappa shape index (κ3) is 3.74. The summed E-state index contributed by atoms with van der Waals surface area (Å²) >= 11 is 0. The van der Waals surface area contributed by atoms with Gasteiger partial charge in [-0.05, 0) is 31.0 Å². The lowest BCUT2D eigenvalue weighted by molar-refractivity contribution is -0.137. The minimum Gasteiger partial charge on any atom is -0.379 e. The molecule has 4 aliphatic rings. The van der Waals surface area contributed by atoms with Crippen molar-refractivity contribution in [3.05, 3.63) is 48.2 Å². The molecule has 180 valence electrons. The van der Waals surface area contributed by atoms with E-state index in [-0.39, 0.29) is 17.9 Å². The number of aromatic amines is 1. The van der Waals surface area contributed by atoms with Crippen LogP contribution in [0.5, 0.6) is 0 Å². The van der Waals surface area contributed by atoms with Crippen molar-refractivity contribution >= 4 is 22.7 Å². The molecule has 2 bridgehead atoms. The molecule has 4 aliphatic heterocycles. The molecule has 4 atom stereocenters. The maximum Gasteiger partial charge on any atom is 0.230 e. The summed E-state index contributed by atoms with van der Waals surface area (Å²) in [4.78, 5) is 34.1.